The number of methoxy groups -OCH3 is 1. The van der Waals surface area contributed by atoms with E-state index < -0.39 is 0 Å². The maximum absolute atomic E-state index is 12.0. The Hall–Kier alpha value is -1.10. The van der Waals surface area contributed by atoms with Crippen LogP contribution in [0.2, 0.25) is 0 Å². The zero-order chi connectivity index (χ0) is 12.3. The van der Waals surface area contributed by atoms with Crippen LogP contribution in [0.5, 0.6) is 0 Å². The summed E-state index contributed by atoms with van der Waals surface area (Å²) in [6.45, 7) is 0.572. The molecule has 2 fully saturated rings. The number of esters is 1. The number of amides is 1. The quantitative estimate of drug-likeness (QED) is 0.676. The predicted octanol–water partition coefficient (Wildman–Crippen LogP) is 0.196. The van der Waals surface area contributed by atoms with Gasteiger partial charge in [0.05, 0.1) is 19.4 Å². The van der Waals surface area contributed by atoms with Gasteiger partial charge in [0.25, 0.3) is 0 Å². The number of hydrogen-bond acceptors (Lipinski definition) is 4. The highest BCUT2D eigenvalue weighted by Gasteiger charge is 2.33. The third-order valence-corrected chi connectivity index (χ3v) is 3.73. The van der Waals surface area contributed by atoms with Crippen molar-refractivity contribution < 1.29 is 14.3 Å². The van der Waals surface area contributed by atoms with Gasteiger partial charge >= 0.3 is 5.97 Å². The van der Waals surface area contributed by atoms with Crippen molar-refractivity contribution in [1.29, 1.82) is 0 Å². The van der Waals surface area contributed by atoms with Gasteiger partial charge < -0.3 is 15.4 Å². The molecule has 2 aliphatic rings. The van der Waals surface area contributed by atoms with E-state index in [1.165, 1.54) is 20.0 Å². The molecule has 0 radical (unpaired) electrons. The summed E-state index contributed by atoms with van der Waals surface area (Å²) in [4.78, 5) is 23.2. The third kappa shape index (κ3) is 2.97. The summed E-state index contributed by atoms with van der Waals surface area (Å²) in [5.41, 5.74) is 0. The first-order valence-electron chi connectivity index (χ1n) is 6.31. The van der Waals surface area contributed by atoms with Gasteiger partial charge in [-0.3, -0.25) is 9.59 Å². The lowest BCUT2D eigenvalue weighted by Gasteiger charge is -2.30. The molecule has 0 bridgehead atoms. The highest BCUT2D eigenvalue weighted by Crippen LogP contribution is 2.21. The summed E-state index contributed by atoms with van der Waals surface area (Å²) in [6, 6.07) is 0.606. The van der Waals surface area contributed by atoms with Gasteiger partial charge in [0.15, 0.2) is 0 Å². The Balaban J connectivity index is 1.97. The van der Waals surface area contributed by atoms with Crippen LogP contribution in [0, 0.1) is 5.92 Å². The summed E-state index contributed by atoms with van der Waals surface area (Å²) in [6.07, 6.45) is 4.69. The molecule has 17 heavy (non-hydrogen) atoms. The van der Waals surface area contributed by atoms with Crippen molar-refractivity contribution in [2.75, 3.05) is 13.7 Å². The molecular formula is C12H20N2O3. The van der Waals surface area contributed by atoms with Gasteiger partial charge in [0.2, 0.25) is 5.91 Å². The van der Waals surface area contributed by atoms with Gasteiger partial charge in [0.1, 0.15) is 0 Å². The molecule has 5 nitrogen and oxygen atoms in total. The van der Waals surface area contributed by atoms with Crippen molar-refractivity contribution in [3.63, 3.8) is 0 Å². The van der Waals surface area contributed by atoms with Crippen LogP contribution >= 0.6 is 0 Å². The molecule has 0 aromatic heterocycles. The van der Waals surface area contributed by atoms with E-state index in [0.717, 1.165) is 12.8 Å². The van der Waals surface area contributed by atoms with E-state index in [1.807, 2.05) is 0 Å². The van der Waals surface area contributed by atoms with Crippen LogP contribution in [0.25, 0.3) is 0 Å². The zero-order valence-corrected chi connectivity index (χ0v) is 10.2. The highest BCUT2D eigenvalue weighted by molar-refractivity contribution is 5.84. The van der Waals surface area contributed by atoms with Crippen molar-refractivity contribution >= 4 is 11.9 Å². The first-order chi connectivity index (χ1) is 8.20. The van der Waals surface area contributed by atoms with Gasteiger partial charge in [-0.1, -0.05) is 12.8 Å². The zero-order valence-electron chi connectivity index (χ0n) is 10.2. The molecule has 5 heteroatoms. The standard InChI is InChI=1S/C12H20N2O3/c1-17-11(15)6-8-7-13-9-4-2-3-5-10(9)14-12(8)16/h8-10,13H,2-7H2,1H3,(H,14,16)/t8-,9+,10+/m1/s1. The van der Waals surface area contributed by atoms with E-state index in [2.05, 4.69) is 15.4 Å². The summed E-state index contributed by atoms with van der Waals surface area (Å²) in [5.74, 6) is -0.637. The molecule has 0 aromatic carbocycles. The lowest BCUT2D eigenvalue weighted by Crippen LogP contribution is -2.48. The van der Waals surface area contributed by atoms with Crippen LogP contribution in [0.15, 0.2) is 0 Å². The van der Waals surface area contributed by atoms with Crippen molar-refractivity contribution in [3.8, 4) is 0 Å². The summed E-state index contributed by atoms with van der Waals surface area (Å²) >= 11 is 0. The SMILES string of the molecule is COC(=O)C[C@@H]1CN[C@H]2CCCC[C@@H]2NC1=O. The Morgan fingerprint density at radius 1 is 1.35 bits per heavy atom. The number of fused-ring (bicyclic) bond motifs is 1. The number of hydrogen-bond donors (Lipinski definition) is 2. The average molecular weight is 240 g/mol. The molecular weight excluding hydrogens is 220 g/mol. The lowest BCUT2D eigenvalue weighted by molar-refractivity contribution is -0.144. The van der Waals surface area contributed by atoms with Crippen LogP contribution in [0.3, 0.4) is 0 Å². The topological polar surface area (TPSA) is 67.4 Å². The Morgan fingerprint density at radius 3 is 2.76 bits per heavy atom. The summed E-state index contributed by atoms with van der Waals surface area (Å²) in [7, 11) is 1.35. The lowest BCUT2D eigenvalue weighted by atomic mass is 9.91. The fraction of sp³-hybridized carbons (Fsp3) is 0.833. The maximum Gasteiger partial charge on any atom is 0.306 e. The Bertz CT molecular complexity index is 306. The molecule has 2 rings (SSSR count). The fourth-order valence-electron chi connectivity index (χ4n) is 2.68. The molecule has 96 valence electrons. The van der Waals surface area contributed by atoms with E-state index in [1.54, 1.807) is 0 Å². The van der Waals surface area contributed by atoms with E-state index in [-0.39, 0.29) is 30.3 Å². The molecule has 1 saturated carbocycles. The summed E-state index contributed by atoms with van der Waals surface area (Å²) < 4.78 is 4.61. The minimum atomic E-state index is -0.322. The van der Waals surface area contributed by atoms with Gasteiger partial charge in [-0.15, -0.1) is 0 Å². The second-order valence-corrected chi connectivity index (χ2v) is 4.89. The minimum absolute atomic E-state index is 0.0164. The summed E-state index contributed by atoms with van der Waals surface area (Å²) in [5, 5.41) is 6.45. The molecule has 1 aliphatic heterocycles. The Labute approximate surface area is 101 Å². The third-order valence-electron chi connectivity index (χ3n) is 3.73. The molecule has 1 aliphatic carbocycles. The molecule has 1 amide bonds. The van der Waals surface area contributed by atoms with Crippen molar-refractivity contribution in [3.05, 3.63) is 0 Å². The van der Waals surface area contributed by atoms with Crippen LogP contribution in [0.4, 0.5) is 0 Å². The van der Waals surface area contributed by atoms with Gasteiger partial charge in [-0.25, -0.2) is 0 Å². The number of carbonyl (C=O) groups excluding carboxylic acids is 2. The highest BCUT2D eigenvalue weighted by atomic mass is 16.5. The first-order valence-corrected chi connectivity index (χ1v) is 6.31. The monoisotopic (exact) mass is 240 g/mol. The smallest absolute Gasteiger partial charge is 0.306 e. The van der Waals surface area contributed by atoms with Gasteiger partial charge in [-0.2, -0.15) is 0 Å². The van der Waals surface area contributed by atoms with Gasteiger partial charge in [-0.05, 0) is 12.8 Å². The number of ether oxygens (including phenoxy) is 1. The number of rotatable bonds is 2. The molecule has 0 spiro atoms. The second kappa shape index (κ2) is 5.49. The number of carbonyl (C=O) groups is 2. The molecule has 1 saturated heterocycles. The van der Waals surface area contributed by atoms with E-state index in [0.29, 0.717) is 12.6 Å². The second-order valence-electron chi connectivity index (χ2n) is 4.89. The molecule has 3 atom stereocenters. The molecule has 2 N–H and O–H groups in total. The maximum atomic E-state index is 12.0. The van der Waals surface area contributed by atoms with Crippen LogP contribution in [-0.4, -0.2) is 37.6 Å². The van der Waals surface area contributed by atoms with Gasteiger partial charge in [0, 0.05) is 18.6 Å². The van der Waals surface area contributed by atoms with Crippen molar-refractivity contribution in [2.45, 2.75) is 44.2 Å². The predicted molar refractivity (Wildman–Crippen MR) is 62.3 cm³/mol. The van der Waals surface area contributed by atoms with E-state index in [4.69, 9.17) is 0 Å². The Morgan fingerprint density at radius 2 is 2.06 bits per heavy atom. The molecule has 0 aromatic rings. The number of nitrogens with one attached hydrogen (secondary N) is 2. The largest absolute Gasteiger partial charge is 0.469 e. The van der Waals surface area contributed by atoms with Crippen LogP contribution < -0.4 is 10.6 Å². The molecule has 0 unspecified atom stereocenters. The fourth-order valence-corrected chi connectivity index (χ4v) is 2.68. The van der Waals surface area contributed by atoms with E-state index >= 15 is 0 Å². The van der Waals surface area contributed by atoms with Crippen LogP contribution in [0.1, 0.15) is 32.1 Å². The normalized spacial score (nSPS) is 33.2. The van der Waals surface area contributed by atoms with Crippen molar-refractivity contribution in [1.82, 2.24) is 10.6 Å². The minimum Gasteiger partial charge on any atom is -0.469 e. The molecule has 1 heterocycles. The first kappa shape index (κ1) is 12.4. The van der Waals surface area contributed by atoms with E-state index in [9.17, 15) is 9.59 Å². The average Bonchev–Trinajstić information content (AvgIpc) is 2.49. The van der Waals surface area contributed by atoms with Crippen LogP contribution in [-0.2, 0) is 14.3 Å². The van der Waals surface area contributed by atoms with Crippen molar-refractivity contribution in [2.24, 2.45) is 5.92 Å². The Kier molecular flexibility index (Phi) is 3.99.